The van der Waals surface area contributed by atoms with E-state index in [1.165, 1.54) is 37.7 Å². The zero-order valence-corrected chi connectivity index (χ0v) is 13.4. The van der Waals surface area contributed by atoms with E-state index in [1.54, 1.807) is 6.07 Å². The van der Waals surface area contributed by atoms with Gasteiger partial charge < -0.3 is 5.32 Å². The first-order valence-corrected chi connectivity index (χ1v) is 8.38. The number of hydrogen-bond acceptors (Lipinski definition) is 1. The van der Waals surface area contributed by atoms with E-state index in [-0.39, 0.29) is 5.82 Å². The maximum Gasteiger partial charge on any atom is 0.126 e. The van der Waals surface area contributed by atoms with Gasteiger partial charge in [-0.05, 0) is 55.8 Å². The second kappa shape index (κ2) is 8.33. The predicted molar refractivity (Wildman–Crippen MR) is 88.8 cm³/mol. The van der Waals surface area contributed by atoms with Crippen LogP contribution < -0.4 is 5.32 Å². The van der Waals surface area contributed by atoms with Gasteiger partial charge in [0.15, 0.2) is 0 Å². The highest BCUT2D eigenvalue weighted by molar-refractivity contribution is 5.54. The number of halogens is 1. The Bertz CT molecular complexity index is 472. The highest BCUT2D eigenvalue weighted by Crippen LogP contribution is 2.30. The minimum Gasteiger partial charge on any atom is -0.313 e. The Morgan fingerprint density at radius 1 is 1.29 bits per heavy atom. The fourth-order valence-electron chi connectivity index (χ4n) is 3.11. The van der Waals surface area contributed by atoms with Crippen molar-refractivity contribution in [3.63, 3.8) is 0 Å². The van der Waals surface area contributed by atoms with Crippen LogP contribution in [-0.2, 0) is 0 Å². The van der Waals surface area contributed by atoms with Crippen LogP contribution in [0.3, 0.4) is 0 Å². The average molecular weight is 289 g/mol. The Morgan fingerprint density at radius 3 is 2.71 bits per heavy atom. The Hall–Kier alpha value is -1.15. The van der Waals surface area contributed by atoms with Crippen molar-refractivity contribution in [2.75, 3.05) is 13.1 Å². The normalized spacial score (nSPS) is 17.2. The maximum absolute atomic E-state index is 13.7. The standard InChI is InChI=1S/C19H28FN/c1-3-11-21-14-18(17-7-5-4-6-8-17)12-16-10-9-15(2)19(20)13-16/h9-10,12-13,17,21H,3-8,11,14H2,1-2H3/b18-12-. The Balaban J connectivity index is 2.15. The molecule has 1 aliphatic rings. The molecule has 116 valence electrons. The molecule has 1 aromatic rings. The van der Waals surface area contributed by atoms with Crippen LogP contribution in [0.25, 0.3) is 6.08 Å². The second-order valence-corrected chi connectivity index (χ2v) is 6.24. The van der Waals surface area contributed by atoms with Gasteiger partial charge in [0, 0.05) is 6.54 Å². The molecule has 0 unspecified atom stereocenters. The monoisotopic (exact) mass is 289 g/mol. The molecule has 0 aromatic heterocycles. The molecule has 0 bridgehead atoms. The quantitative estimate of drug-likeness (QED) is 0.719. The Morgan fingerprint density at radius 2 is 2.05 bits per heavy atom. The molecule has 1 fully saturated rings. The van der Waals surface area contributed by atoms with Gasteiger partial charge in [0.25, 0.3) is 0 Å². The summed E-state index contributed by atoms with van der Waals surface area (Å²) in [5, 5.41) is 3.52. The molecular formula is C19H28FN. The third-order valence-electron chi connectivity index (χ3n) is 4.43. The molecule has 0 saturated heterocycles. The first kappa shape index (κ1) is 16.2. The summed E-state index contributed by atoms with van der Waals surface area (Å²) in [6.07, 6.45) is 9.96. The van der Waals surface area contributed by atoms with Crippen LogP contribution in [0.5, 0.6) is 0 Å². The van der Waals surface area contributed by atoms with Crippen molar-refractivity contribution in [3.05, 3.63) is 40.7 Å². The lowest BCUT2D eigenvalue weighted by atomic mass is 9.83. The highest BCUT2D eigenvalue weighted by Gasteiger charge is 2.17. The van der Waals surface area contributed by atoms with Crippen molar-refractivity contribution in [2.45, 2.75) is 52.4 Å². The van der Waals surface area contributed by atoms with Crippen molar-refractivity contribution < 1.29 is 4.39 Å². The van der Waals surface area contributed by atoms with Gasteiger partial charge in [0.2, 0.25) is 0 Å². The van der Waals surface area contributed by atoms with E-state index in [4.69, 9.17) is 0 Å². The minimum atomic E-state index is -0.103. The van der Waals surface area contributed by atoms with Crippen molar-refractivity contribution >= 4 is 6.08 Å². The van der Waals surface area contributed by atoms with Gasteiger partial charge in [0.05, 0.1) is 0 Å². The first-order chi connectivity index (χ1) is 10.2. The molecule has 0 heterocycles. The van der Waals surface area contributed by atoms with Gasteiger partial charge in [0.1, 0.15) is 5.82 Å². The third-order valence-corrected chi connectivity index (χ3v) is 4.43. The fraction of sp³-hybridized carbons (Fsp3) is 0.579. The zero-order chi connectivity index (χ0) is 15.1. The number of aryl methyl sites for hydroxylation is 1. The molecular weight excluding hydrogens is 261 g/mol. The van der Waals surface area contributed by atoms with Gasteiger partial charge in [-0.2, -0.15) is 0 Å². The van der Waals surface area contributed by atoms with Crippen LogP contribution in [-0.4, -0.2) is 13.1 Å². The molecule has 0 aliphatic heterocycles. The maximum atomic E-state index is 13.7. The van der Waals surface area contributed by atoms with Crippen molar-refractivity contribution in [1.29, 1.82) is 0 Å². The van der Waals surface area contributed by atoms with Crippen LogP contribution in [0.2, 0.25) is 0 Å². The van der Waals surface area contributed by atoms with Crippen molar-refractivity contribution in [3.8, 4) is 0 Å². The lowest BCUT2D eigenvalue weighted by molar-refractivity contribution is 0.396. The summed E-state index contributed by atoms with van der Waals surface area (Å²) in [4.78, 5) is 0. The fourth-order valence-corrected chi connectivity index (χ4v) is 3.11. The number of benzene rings is 1. The minimum absolute atomic E-state index is 0.103. The summed E-state index contributed by atoms with van der Waals surface area (Å²) in [7, 11) is 0. The van der Waals surface area contributed by atoms with E-state index in [1.807, 2.05) is 19.1 Å². The van der Waals surface area contributed by atoms with Gasteiger partial charge in [-0.1, -0.05) is 50.0 Å². The molecule has 1 nitrogen and oxygen atoms in total. The molecule has 1 N–H and O–H groups in total. The first-order valence-electron chi connectivity index (χ1n) is 8.38. The molecule has 2 heteroatoms. The van der Waals surface area contributed by atoms with Crippen molar-refractivity contribution in [1.82, 2.24) is 5.32 Å². The van der Waals surface area contributed by atoms with Gasteiger partial charge in [-0.3, -0.25) is 0 Å². The van der Waals surface area contributed by atoms with E-state index >= 15 is 0 Å². The van der Waals surface area contributed by atoms with Crippen LogP contribution in [0.15, 0.2) is 23.8 Å². The molecule has 2 rings (SSSR count). The largest absolute Gasteiger partial charge is 0.313 e. The molecule has 1 aliphatic carbocycles. The summed E-state index contributed by atoms with van der Waals surface area (Å²) in [6.45, 7) is 5.99. The van der Waals surface area contributed by atoms with Crippen molar-refractivity contribution in [2.24, 2.45) is 5.92 Å². The SMILES string of the molecule is CCCNC/C(=C/c1ccc(C)c(F)c1)C1CCCCC1. The summed E-state index contributed by atoms with van der Waals surface area (Å²) < 4.78 is 13.7. The van der Waals surface area contributed by atoms with E-state index in [2.05, 4.69) is 18.3 Å². The van der Waals surface area contributed by atoms with Crippen LogP contribution in [0, 0.1) is 18.7 Å². The molecule has 21 heavy (non-hydrogen) atoms. The smallest absolute Gasteiger partial charge is 0.126 e. The summed E-state index contributed by atoms with van der Waals surface area (Å²) in [5.74, 6) is 0.570. The summed E-state index contributed by atoms with van der Waals surface area (Å²) in [5.41, 5.74) is 3.17. The van der Waals surface area contributed by atoms with Crippen LogP contribution in [0.1, 0.15) is 56.6 Å². The second-order valence-electron chi connectivity index (χ2n) is 6.24. The number of hydrogen-bond donors (Lipinski definition) is 1. The number of nitrogens with one attached hydrogen (secondary N) is 1. The van der Waals surface area contributed by atoms with Gasteiger partial charge >= 0.3 is 0 Å². The summed E-state index contributed by atoms with van der Waals surface area (Å²) in [6, 6.07) is 5.57. The van der Waals surface area contributed by atoms with E-state index in [0.717, 1.165) is 30.6 Å². The van der Waals surface area contributed by atoms with E-state index in [0.29, 0.717) is 5.92 Å². The lowest BCUT2D eigenvalue weighted by Gasteiger charge is -2.25. The molecule has 0 radical (unpaired) electrons. The van der Waals surface area contributed by atoms with E-state index in [9.17, 15) is 4.39 Å². The predicted octanol–water partition coefficient (Wildman–Crippen LogP) is 5.10. The molecule has 1 saturated carbocycles. The van der Waals surface area contributed by atoms with Crippen LogP contribution >= 0.6 is 0 Å². The molecule has 1 aromatic carbocycles. The third kappa shape index (κ3) is 4.96. The van der Waals surface area contributed by atoms with Gasteiger partial charge in [-0.25, -0.2) is 4.39 Å². The Kier molecular flexibility index (Phi) is 6.44. The van der Waals surface area contributed by atoms with E-state index < -0.39 is 0 Å². The molecule has 0 spiro atoms. The molecule has 0 atom stereocenters. The van der Waals surface area contributed by atoms with Gasteiger partial charge in [-0.15, -0.1) is 0 Å². The lowest BCUT2D eigenvalue weighted by Crippen LogP contribution is -2.23. The topological polar surface area (TPSA) is 12.0 Å². The zero-order valence-electron chi connectivity index (χ0n) is 13.4. The molecule has 0 amide bonds. The summed E-state index contributed by atoms with van der Waals surface area (Å²) >= 11 is 0. The highest BCUT2D eigenvalue weighted by atomic mass is 19.1. The number of rotatable bonds is 6. The van der Waals surface area contributed by atoms with Crippen LogP contribution in [0.4, 0.5) is 4.39 Å². The Labute approximate surface area is 128 Å². The average Bonchev–Trinajstić information content (AvgIpc) is 2.51.